The number of hydrogen-bond acceptors (Lipinski definition) is 3. The molecule has 1 aromatic carbocycles. The van der Waals surface area contributed by atoms with E-state index in [2.05, 4.69) is 28.1 Å². The average Bonchev–Trinajstić information content (AvgIpc) is 3.18. The highest BCUT2D eigenvalue weighted by atomic mass is 32.1. The fraction of sp³-hybridized carbons (Fsp3) is 0.353. The Kier molecular flexibility index (Phi) is 3.28. The summed E-state index contributed by atoms with van der Waals surface area (Å²) in [6.45, 7) is 2.45. The summed E-state index contributed by atoms with van der Waals surface area (Å²) in [7, 11) is 0. The van der Waals surface area contributed by atoms with Crippen molar-refractivity contribution in [2.75, 3.05) is 13.1 Å². The monoisotopic (exact) mass is 297 g/mol. The van der Waals surface area contributed by atoms with Crippen molar-refractivity contribution in [1.82, 2.24) is 4.90 Å². The van der Waals surface area contributed by atoms with Gasteiger partial charge in [-0.2, -0.15) is 0 Å². The van der Waals surface area contributed by atoms with Crippen LogP contribution in [-0.2, 0) is 6.42 Å². The Bertz CT molecular complexity index is 675. The van der Waals surface area contributed by atoms with Crippen molar-refractivity contribution in [3.63, 3.8) is 0 Å². The van der Waals surface area contributed by atoms with Gasteiger partial charge in [0.15, 0.2) is 0 Å². The molecular formula is C17H19N3S. The first-order valence-corrected chi connectivity index (χ1v) is 8.44. The topological polar surface area (TPSA) is 41.6 Å². The molecule has 1 saturated heterocycles. The summed E-state index contributed by atoms with van der Waals surface area (Å²) in [4.78, 5) is 8.26. The summed E-state index contributed by atoms with van der Waals surface area (Å²) in [5.74, 6) is 0.615. The van der Waals surface area contributed by atoms with E-state index in [0.29, 0.717) is 11.9 Å². The van der Waals surface area contributed by atoms with Gasteiger partial charge in [0.25, 0.3) is 0 Å². The van der Waals surface area contributed by atoms with Crippen LogP contribution in [0.4, 0.5) is 5.69 Å². The first-order chi connectivity index (χ1) is 10.3. The normalized spacial score (nSPS) is 22.1. The molecule has 108 valence electrons. The molecule has 4 heteroatoms. The Labute approximate surface area is 129 Å². The molecule has 1 atom stereocenters. The number of aliphatic imine (C=N–C) groups is 1. The smallest absolute Gasteiger partial charge is 0.141 e. The van der Waals surface area contributed by atoms with Gasteiger partial charge in [0.05, 0.1) is 10.6 Å². The Morgan fingerprint density at radius 2 is 2.24 bits per heavy atom. The maximum absolute atomic E-state index is 6.10. The van der Waals surface area contributed by atoms with Crippen LogP contribution in [0.25, 0.3) is 0 Å². The summed E-state index contributed by atoms with van der Waals surface area (Å²) < 4.78 is 0. The Hall–Kier alpha value is -1.65. The minimum Gasteiger partial charge on any atom is -0.383 e. The highest BCUT2D eigenvalue weighted by Gasteiger charge is 2.30. The molecule has 2 aromatic rings. The lowest BCUT2D eigenvalue weighted by atomic mass is 9.92. The summed E-state index contributed by atoms with van der Waals surface area (Å²) in [6, 6.07) is 11.2. The van der Waals surface area contributed by atoms with E-state index < -0.39 is 0 Å². The van der Waals surface area contributed by atoms with Crippen molar-refractivity contribution in [1.29, 1.82) is 0 Å². The number of rotatable bonds is 2. The number of hydrogen-bond donors (Lipinski definition) is 1. The van der Waals surface area contributed by atoms with Crippen molar-refractivity contribution < 1.29 is 0 Å². The number of nitrogens with zero attached hydrogens (tertiary/aromatic N) is 2. The number of thiophene rings is 1. The molecule has 3 heterocycles. The lowest BCUT2D eigenvalue weighted by Gasteiger charge is -2.31. The quantitative estimate of drug-likeness (QED) is 0.681. The van der Waals surface area contributed by atoms with Gasteiger partial charge in [-0.25, -0.2) is 4.99 Å². The van der Waals surface area contributed by atoms with Crippen LogP contribution in [-0.4, -0.2) is 23.8 Å². The lowest BCUT2D eigenvalue weighted by molar-refractivity contribution is 0.244. The molecule has 2 N–H and O–H groups in total. The van der Waals surface area contributed by atoms with Crippen LogP contribution in [0.15, 0.2) is 40.7 Å². The summed E-state index contributed by atoms with van der Waals surface area (Å²) >= 11 is 1.63. The Balaban J connectivity index is 1.69. The number of amidine groups is 1. The van der Waals surface area contributed by atoms with Gasteiger partial charge in [0.1, 0.15) is 5.84 Å². The molecule has 1 aromatic heterocycles. The third kappa shape index (κ3) is 2.39. The van der Waals surface area contributed by atoms with E-state index in [1.165, 1.54) is 37.1 Å². The minimum absolute atomic E-state index is 0.604. The molecule has 2 aliphatic rings. The molecule has 3 nitrogen and oxygen atoms in total. The molecule has 4 rings (SSSR count). The van der Waals surface area contributed by atoms with E-state index in [-0.39, 0.29) is 0 Å². The second-order valence-electron chi connectivity index (χ2n) is 5.80. The third-order valence-corrected chi connectivity index (χ3v) is 5.44. The molecule has 0 bridgehead atoms. The van der Waals surface area contributed by atoms with Crippen molar-refractivity contribution >= 4 is 22.9 Å². The molecular weight excluding hydrogens is 278 g/mol. The van der Waals surface area contributed by atoms with Crippen molar-refractivity contribution in [2.24, 2.45) is 10.7 Å². The predicted molar refractivity (Wildman–Crippen MR) is 88.4 cm³/mol. The van der Waals surface area contributed by atoms with Gasteiger partial charge in [-0.15, -0.1) is 11.3 Å². The van der Waals surface area contributed by atoms with E-state index >= 15 is 0 Å². The zero-order valence-corrected chi connectivity index (χ0v) is 12.8. The average molecular weight is 297 g/mol. The van der Waals surface area contributed by atoms with Crippen molar-refractivity contribution in [2.45, 2.75) is 25.3 Å². The largest absolute Gasteiger partial charge is 0.383 e. The zero-order valence-electron chi connectivity index (χ0n) is 12.0. The van der Waals surface area contributed by atoms with Crippen LogP contribution in [0.1, 0.15) is 34.9 Å². The summed E-state index contributed by atoms with van der Waals surface area (Å²) in [6.07, 6.45) is 3.76. The summed E-state index contributed by atoms with van der Waals surface area (Å²) in [5.41, 5.74) is 10.0. The van der Waals surface area contributed by atoms with Gasteiger partial charge in [-0.1, -0.05) is 12.1 Å². The lowest BCUT2D eigenvalue weighted by Crippen LogP contribution is -2.30. The van der Waals surface area contributed by atoms with Crippen molar-refractivity contribution in [3.05, 3.63) is 51.7 Å². The van der Waals surface area contributed by atoms with Crippen LogP contribution in [0.3, 0.4) is 0 Å². The molecule has 1 unspecified atom stereocenters. The van der Waals surface area contributed by atoms with Crippen LogP contribution in [0, 0.1) is 0 Å². The molecule has 1 fully saturated rings. The Morgan fingerprint density at radius 1 is 1.29 bits per heavy atom. The van der Waals surface area contributed by atoms with Gasteiger partial charge in [-0.3, -0.25) is 4.90 Å². The Morgan fingerprint density at radius 3 is 3.10 bits per heavy atom. The van der Waals surface area contributed by atoms with Gasteiger partial charge >= 0.3 is 0 Å². The molecule has 21 heavy (non-hydrogen) atoms. The highest BCUT2D eigenvalue weighted by Crippen LogP contribution is 2.39. The number of fused-ring (bicyclic) bond motifs is 3. The van der Waals surface area contributed by atoms with E-state index in [4.69, 9.17) is 5.73 Å². The highest BCUT2D eigenvalue weighted by molar-refractivity contribution is 7.12. The minimum atomic E-state index is 0.604. The van der Waals surface area contributed by atoms with Crippen LogP contribution < -0.4 is 5.73 Å². The van der Waals surface area contributed by atoms with E-state index in [1.807, 2.05) is 17.5 Å². The van der Waals surface area contributed by atoms with E-state index in [0.717, 1.165) is 17.0 Å². The number of benzene rings is 1. The SMILES string of the molecule is NC(=Nc1ccc2c(c1)C1CCCN1CC2)c1cccs1. The fourth-order valence-electron chi connectivity index (χ4n) is 3.52. The molecule has 0 radical (unpaired) electrons. The van der Waals surface area contributed by atoms with Crippen LogP contribution in [0.5, 0.6) is 0 Å². The molecule has 0 aliphatic carbocycles. The van der Waals surface area contributed by atoms with E-state index in [9.17, 15) is 0 Å². The predicted octanol–water partition coefficient (Wildman–Crippen LogP) is 3.48. The maximum Gasteiger partial charge on any atom is 0.141 e. The van der Waals surface area contributed by atoms with Crippen molar-refractivity contribution in [3.8, 4) is 0 Å². The van der Waals surface area contributed by atoms with Gasteiger partial charge < -0.3 is 5.73 Å². The standard InChI is InChI=1S/C17H19N3S/c18-17(16-4-2-10-21-16)19-13-6-5-12-7-9-20-8-1-3-15(20)14(12)11-13/h2,4-6,10-11,15H,1,3,7-9H2,(H2,18,19). The molecule has 2 aliphatic heterocycles. The molecule has 0 spiro atoms. The first kappa shape index (κ1) is 13.0. The second kappa shape index (κ2) is 5.28. The van der Waals surface area contributed by atoms with Crippen LogP contribution >= 0.6 is 11.3 Å². The van der Waals surface area contributed by atoms with E-state index in [1.54, 1.807) is 11.3 Å². The second-order valence-corrected chi connectivity index (χ2v) is 6.75. The summed E-state index contributed by atoms with van der Waals surface area (Å²) in [5, 5.41) is 2.03. The zero-order chi connectivity index (χ0) is 14.2. The maximum atomic E-state index is 6.10. The van der Waals surface area contributed by atoms with Gasteiger partial charge in [-0.05, 0) is 60.5 Å². The third-order valence-electron chi connectivity index (χ3n) is 4.54. The molecule has 0 amide bonds. The fourth-order valence-corrected chi connectivity index (χ4v) is 4.15. The molecule has 0 saturated carbocycles. The first-order valence-electron chi connectivity index (χ1n) is 7.56. The van der Waals surface area contributed by atoms with Crippen LogP contribution in [0.2, 0.25) is 0 Å². The number of nitrogens with two attached hydrogens (primary N) is 1. The van der Waals surface area contributed by atoms with Gasteiger partial charge in [0, 0.05) is 12.6 Å². The van der Waals surface area contributed by atoms with Gasteiger partial charge in [0.2, 0.25) is 0 Å².